The van der Waals surface area contributed by atoms with Crippen molar-refractivity contribution in [2.45, 2.75) is 26.8 Å². The van der Waals surface area contributed by atoms with Crippen molar-refractivity contribution < 1.29 is 19.4 Å². The molecule has 1 aliphatic heterocycles. The zero-order valence-corrected chi connectivity index (χ0v) is 16.7. The number of aryl methyl sites for hydroxylation is 2. The summed E-state index contributed by atoms with van der Waals surface area (Å²) in [6.45, 7) is 9.93. The van der Waals surface area contributed by atoms with Crippen LogP contribution in [0.3, 0.4) is 0 Å². The molecule has 1 aliphatic rings. The predicted molar refractivity (Wildman–Crippen MR) is 111 cm³/mol. The fourth-order valence-corrected chi connectivity index (χ4v) is 3.35. The SMILES string of the molecule is C=C1NC(=O)N[C@H](c2ccc(O)c(OCC)c2)[C@H]1C(=O)Nc1cc(C)ccc1C. The molecule has 4 N–H and O–H groups in total. The van der Waals surface area contributed by atoms with E-state index < -0.39 is 18.0 Å². The number of urea groups is 1. The number of hydrogen-bond acceptors (Lipinski definition) is 4. The average Bonchev–Trinajstić information content (AvgIpc) is 2.66. The summed E-state index contributed by atoms with van der Waals surface area (Å²) in [4.78, 5) is 25.2. The van der Waals surface area contributed by atoms with Crippen LogP contribution >= 0.6 is 0 Å². The number of phenols is 1. The predicted octanol–water partition coefficient (Wildman–Crippen LogP) is 3.53. The Balaban J connectivity index is 1.95. The lowest BCUT2D eigenvalue weighted by atomic mass is 9.88. The summed E-state index contributed by atoms with van der Waals surface area (Å²) < 4.78 is 5.44. The number of benzene rings is 2. The second-order valence-corrected chi connectivity index (χ2v) is 7.05. The number of nitrogens with one attached hydrogen (secondary N) is 3. The maximum atomic E-state index is 13.2. The van der Waals surface area contributed by atoms with E-state index in [0.717, 1.165) is 11.1 Å². The highest BCUT2D eigenvalue weighted by Gasteiger charge is 2.38. The molecule has 1 saturated heterocycles. The van der Waals surface area contributed by atoms with Gasteiger partial charge in [-0.05, 0) is 55.7 Å². The highest BCUT2D eigenvalue weighted by molar-refractivity contribution is 5.97. The lowest BCUT2D eigenvalue weighted by Gasteiger charge is -2.34. The third-order valence-corrected chi connectivity index (χ3v) is 4.85. The summed E-state index contributed by atoms with van der Waals surface area (Å²) in [5, 5.41) is 18.3. The highest BCUT2D eigenvalue weighted by Crippen LogP contribution is 2.35. The zero-order valence-electron chi connectivity index (χ0n) is 16.7. The minimum absolute atomic E-state index is 0.00826. The molecule has 3 rings (SSSR count). The van der Waals surface area contributed by atoms with Gasteiger partial charge in [-0.3, -0.25) is 4.79 Å². The van der Waals surface area contributed by atoms with Gasteiger partial charge in [0.15, 0.2) is 11.5 Å². The molecule has 2 aromatic carbocycles. The van der Waals surface area contributed by atoms with Gasteiger partial charge in [0.05, 0.1) is 12.6 Å². The van der Waals surface area contributed by atoms with Crippen LogP contribution in [-0.2, 0) is 4.79 Å². The fraction of sp³-hybridized carbons (Fsp3) is 0.273. The summed E-state index contributed by atoms with van der Waals surface area (Å²) in [5.41, 5.74) is 3.59. The summed E-state index contributed by atoms with van der Waals surface area (Å²) in [6.07, 6.45) is 0. The summed E-state index contributed by atoms with van der Waals surface area (Å²) in [5.74, 6) is -0.776. The van der Waals surface area contributed by atoms with Crippen LogP contribution in [0.5, 0.6) is 11.5 Å². The number of phenolic OH excluding ortho intramolecular Hbond substituents is 1. The molecule has 1 heterocycles. The number of carbonyl (C=O) groups excluding carboxylic acids is 2. The third-order valence-electron chi connectivity index (χ3n) is 4.85. The quantitative estimate of drug-likeness (QED) is 0.622. The maximum absolute atomic E-state index is 13.2. The second-order valence-electron chi connectivity index (χ2n) is 7.05. The first-order valence-corrected chi connectivity index (χ1v) is 9.40. The Bertz CT molecular complexity index is 971. The van der Waals surface area contributed by atoms with E-state index in [-0.39, 0.29) is 17.4 Å². The number of anilines is 1. The van der Waals surface area contributed by atoms with E-state index >= 15 is 0 Å². The van der Waals surface area contributed by atoms with Crippen LogP contribution in [0, 0.1) is 19.8 Å². The molecule has 7 heteroatoms. The molecule has 0 saturated carbocycles. The van der Waals surface area contributed by atoms with Gasteiger partial charge in [0, 0.05) is 11.4 Å². The molecule has 0 bridgehead atoms. The first kappa shape index (κ1) is 20.3. The number of ether oxygens (including phenoxy) is 1. The monoisotopic (exact) mass is 395 g/mol. The Morgan fingerprint density at radius 1 is 1.24 bits per heavy atom. The number of aromatic hydroxyl groups is 1. The van der Waals surface area contributed by atoms with Crippen LogP contribution in [0.1, 0.15) is 29.7 Å². The molecule has 2 atom stereocenters. The van der Waals surface area contributed by atoms with E-state index in [9.17, 15) is 14.7 Å². The molecule has 0 aliphatic carbocycles. The van der Waals surface area contributed by atoms with Crippen molar-refractivity contribution in [3.63, 3.8) is 0 Å². The smallest absolute Gasteiger partial charge is 0.319 e. The molecular weight excluding hydrogens is 370 g/mol. The number of hydrogen-bond donors (Lipinski definition) is 4. The molecule has 1 fully saturated rings. The molecule has 0 spiro atoms. The Hall–Kier alpha value is -3.48. The van der Waals surface area contributed by atoms with E-state index in [1.54, 1.807) is 19.1 Å². The van der Waals surface area contributed by atoms with Gasteiger partial charge in [0.25, 0.3) is 0 Å². The Kier molecular flexibility index (Phi) is 5.77. The Labute approximate surface area is 169 Å². The molecule has 29 heavy (non-hydrogen) atoms. The van der Waals surface area contributed by atoms with Crippen molar-refractivity contribution in [2.75, 3.05) is 11.9 Å². The van der Waals surface area contributed by atoms with Gasteiger partial charge in [0.1, 0.15) is 5.92 Å². The third kappa shape index (κ3) is 4.34. The number of amides is 3. The van der Waals surface area contributed by atoms with Crippen LogP contribution < -0.4 is 20.7 Å². The Morgan fingerprint density at radius 3 is 2.72 bits per heavy atom. The summed E-state index contributed by atoms with van der Waals surface area (Å²) in [7, 11) is 0. The van der Waals surface area contributed by atoms with Crippen molar-refractivity contribution in [3.05, 3.63) is 65.4 Å². The molecule has 7 nitrogen and oxygen atoms in total. The van der Waals surface area contributed by atoms with Gasteiger partial charge < -0.3 is 25.8 Å². The van der Waals surface area contributed by atoms with Gasteiger partial charge in [-0.2, -0.15) is 0 Å². The van der Waals surface area contributed by atoms with Crippen molar-refractivity contribution in [2.24, 2.45) is 5.92 Å². The van der Waals surface area contributed by atoms with Crippen molar-refractivity contribution in [1.82, 2.24) is 10.6 Å². The van der Waals surface area contributed by atoms with Gasteiger partial charge in [-0.1, -0.05) is 24.8 Å². The topological polar surface area (TPSA) is 99.7 Å². The van der Waals surface area contributed by atoms with Crippen molar-refractivity contribution in [1.29, 1.82) is 0 Å². The molecular formula is C22H25N3O4. The van der Waals surface area contributed by atoms with Gasteiger partial charge >= 0.3 is 6.03 Å². The lowest BCUT2D eigenvalue weighted by Crippen LogP contribution is -2.51. The largest absolute Gasteiger partial charge is 0.504 e. The van der Waals surface area contributed by atoms with Crippen LogP contribution in [0.25, 0.3) is 0 Å². The molecule has 0 unspecified atom stereocenters. The van der Waals surface area contributed by atoms with Crippen LogP contribution in [0.4, 0.5) is 10.5 Å². The number of rotatable bonds is 5. The van der Waals surface area contributed by atoms with Crippen LogP contribution in [0.15, 0.2) is 48.7 Å². The number of carbonyl (C=O) groups is 2. The van der Waals surface area contributed by atoms with Gasteiger partial charge in [0.2, 0.25) is 5.91 Å². The zero-order chi connectivity index (χ0) is 21.1. The van der Waals surface area contributed by atoms with Gasteiger partial charge in [-0.25, -0.2) is 4.79 Å². The van der Waals surface area contributed by atoms with Crippen molar-refractivity contribution >= 4 is 17.6 Å². The van der Waals surface area contributed by atoms with Crippen LogP contribution in [0.2, 0.25) is 0 Å². The van der Waals surface area contributed by atoms with E-state index in [1.165, 1.54) is 6.07 Å². The normalized spacial score (nSPS) is 18.6. The first-order valence-electron chi connectivity index (χ1n) is 9.40. The summed E-state index contributed by atoms with van der Waals surface area (Å²) >= 11 is 0. The standard InChI is InChI=1S/C22H25N3O4/c1-5-29-18-11-15(8-9-17(18)26)20-19(14(4)23-22(28)25-20)21(27)24-16-10-12(2)6-7-13(16)3/h6-11,19-20,26H,4-5H2,1-3H3,(H,24,27)(H2,23,25,28)/t19-,20+/m0/s1. The van der Waals surface area contributed by atoms with E-state index in [0.29, 0.717) is 23.6 Å². The van der Waals surface area contributed by atoms with E-state index in [2.05, 4.69) is 22.5 Å². The second kappa shape index (κ2) is 8.26. The minimum Gasteiger partial charge on any atom is -0.504 e. The summed E-state index contributed by atoms with van der Waals surface area (Å²) in [6, 6.07) is 9.46. The Morgan fingerprint density at radius 2 is 2.00 bits per heavy atom. The fourth-order valence-electron chi connectivity index (χ4n) is 3.35. The van der Waals surface area contributed by atoms with Crippen LogP contribution in [-0.4, -0.2) is 23.7 Å². The van der Waals surface area contributed by atoms with E-state index in [4.69, 9.17) is 4.74 Å². The lowest BCUT2D eigenvalue weighted by molar-refractivity contribution is -0.119. The molecule has 2 aromatic rings. The minimum atomic E-state index is -0.758. The molecule has 0 radical (unpaired) electrons. The average molecular weight is 395 g/mol. The van der Waals surface area contributed by atoms with Crippen molar-refractivity contribution in [3.8, 4) is 11.5 Å². The molecule has 0 aromatic heterocycles. The van der Waals surface area contributed by atoms with Gasteiger partial charge in [-0.15, -0.1) is 0 Å². The highest BCUT2D eigenvalue weighted by atomic mass is 16.5. The first-order chi connectivity index (χ1) is 13.8. The maximum Gasteiger partial charge on any atom is 0.319 e. The molecule has 3 amide bonds. The molecule has 152 valence electrons. The van der Waals surface area contributed by atoms with E-state index in [1.807, 2.05) is 32.0 Å².